The molecule has 0 spiro atoms. The highest BCUT2D eigenvalue weighted by molar-refractivity contribution is 7.45. The van der Waals surface area contributed by atoms with E-state index in [2.05, 4.69) is 0 Å². The number of hydrogen-bond donors (Lipinski definition) is 4. The van der Waals surface area contributed by atoms with E-state index >= 15 is 0 Å². The van der Waals surface area contributed by atoms with Crippen molar-refractivity contribution in [3.8, 4) is 0 Å². The number of aromatic nitrogens is 1. The number of carbonyl (C=O) groups excluding carboxylic acids is 1. The zero-order valence-electron chi connectivity index (χ0n) is 16.8. The number of phosphoric acid groups is 1. The maximum atomic E-state index is 13.7. The maximum absolute atomic E-state index is 13.7. The molecule has 15 heteroatoms. The van der Waals surface area contributed by atoms with Crippen LogP contribution in [-0.4, -0.2) is 42.6 Å². The van der Waals surface area contributed by atoms with Crippen LogP contribution in [0.1, 0.15) is 23.4 Å². The van der Waals surface area contributed by atoms with Gasteiger partial charge in [-0.05, 0) is 30.2 Å². The van der Waals surface area contributed by atoms with E-state index in [1.54, 1.807) is 0 Å². The molecule has 3 rings (SSSR count). The standard InChI is InChI=1S/C18H17F6N3O.H3O4P/c19-13-8-15(21)14(20)6-10(13)5-11(25)7-17(28)26-3-4-27-12(9-26)1-2-16(27)18(22,23)24;1-5(2,3)4/h1-2,6,8,11H,3-5,7,9,25H2;(H3,1,2,3,4). The summed E-state index contributed by atoms with van der Waals surface area (Å²) in [6.45, 7) is 0.0764. The van der Waals surface area contributed by atoms with Crippen molar-refractivity contribution in [1.29, 1.82) is 0 Å². The molecule has 1 aliphatic rings. The van der Waals surface area contributed by atoms with Crippen LogP contribution in [0, 0.1) is 17.5 Å². The fraction of sp³-hybridized carbons (Fsp3) is 0.389. The van der Waals surface area contributed by atoms with E-state index in [-0.39, 0.29) is 38.0 Å². The van der Waals surface area contributed by atoms with Crippen LogP contribution in [-0.2, 0) is 35.0 Å². The Balaban J connectivity index is 0.000000696. The third kappa shape index (κ3) is 7.86. The second-order valence-electron chi connectivity index (χ2n) is 7.21. The first kappa shape index (κ1) is 26.9. The lowest BCUT2D eigenvalue weighted by Crippen LogP contribution is -2.41. The largest absolute Gasteiger partial charge is 0.466 e. The van der Waals surface area contributed by atoms with Gasteiger partial charge in [-0.15, -0.1) is 0 Å². The van der Waals surface area contributed by atoms with E-state index < -0.39 is 49.1 Å². The van der Waals surface area contributed by atoms with Crippen molar-refractivity contribution in [2.45, 2.75) is 38.1 Å². The summed E-state index contributed by atoms with van der Waals surface area (Å²) in [5.74, 6) is -3.90. The molecule has 5 N–H and O–H groups in total. The summed E-state index contributed by atoms with van der Waals surface area (Å²) in [5, 5.41) is 0. The molecule has 0 saturated heterocycles. The molecular weight excluding hydrogens is 483 g/mol. The number of amides is 1. The van der Waals surface area contributed by atoms with Gasteiger partial charge in [-0.1, -0.05) is 0 Å². The van der Waals surface area contributed by atoms with Crippen molar-refractivity contribution < 1.29 is 50.4 Å². The number of fused-ring (bicyclic) bond motifs is 1. The van der Waals surface area contributed by atoms with Gasteiger partial charge >= 0.3 is 14.0 Å². The van der Waals surface area contributed by atoms with Gasteiger partial charge in [0.2, 0.25) is 5.91 Å². The van der Waals surface area contributed by atoms with E-state index in [0.717, 1.165) is 10.6 Å². The normalized spacial score (nSPS) is 14.9. The second-order valence-corrected chi connectivity index (χ2v) is 8.24. The quantitative estimate of drug-likeness (QED) is 0.288. The predicted molar refractivity (Wildman–Crippen MR) is 102 cm³/mol. The second kappa shape index (κ2) is 10.3. The molecule has 0 fully saturated rings. The van der Waals surface area contributed by atoms with E-state index in [0.29, 0.717) is 17.8 Å². The molecule has 0 saturated carbocycles. The van der Waals surface area contributed by atoms with E-state index in [9.17, 15) is 31.1 Å². The average molecular weight is 503 g/mol. The fourth-order valence-corrected chi connectivity index (χ4v) is 3.30. The minimum Gasteiger partial charge on any atom is -0.338 e. The van der Waals surface area contributed by atoms with Crippen LogP contribution in [0.15, 0.2) is 24.3 Å². The summed E-state index contributed by atoms with van der Waals surface area (Å²) < 4.78 is 88.7. The predicted octanol–water partition coefficient (Wildman–Crippen LogP) is 2.30. The highest BCUT2D eigenvalue weighted by Crippen LogP contribution is 2.32. The highest BCUT2D eigenvalue weighted by atomic mass is 31.2. The zero-order chi connectivity index (χ0) is 25.1. The monoisotopic (exact) mass is 503 g/mol. The summed E-state index contributed by atoms with van der Waals surface area (Å²) in [6, 6.07) is 2.54. The molecular formula is C18H20F6N3O5P. The summed E-state index contributed by atoms with van der Waals surface area (Å²) in [4.78, 5) is 35.3. The fourth-order valence-electron chi connectivity index (χ4n) is 3.30. The molecule has 8 nitrogen and oxygen atoms in total. The third-order valence-corrected chi connectivity index (χ3v) is 4.67. The lowest BCUT2D eigenvalue weighted by atomic mass is 10.0. The molecule has 1 aliphatic heterocycles. The van der Waals surface area contributed by atoms with Crippen LogP contribution in [0.5, 0.6) is 0 Å². The number of nitrogens with zero attached hydrogens (tertiary/aromatic N) is 2. The molecule has 1 amide bonds. The van der Waals surface area contributed by atoms with Crippen molar-refractivity contribution in [3.05, 3.63) is 58.7 Å². The van der Waals surface area contributed by atoms with Crippen LogP contribution in [0.25, 0.3) is 0 Å². The van der Waals surface area contributed by atoms with Gasteiger partial charge in [-0.3, -0.25) is 4.79 Å². The molecule has 0 radical (unpaired) electrons. The topological polar surface area (TPSA) is 129 Å². The molecule has 0 aliphatic carbocycles. The first-order valence-electron chi connectivity index (χ1n) is 9.27. The van der Waals surface area contributed by atoms with Gasteiger partial charge in [0.25, 0.3) is 0 Å². The zero-order valence-corrected chi connectivity index (χ0v) is 17.7. The van der Waals surface area contributed by atoms with E-state index in [1.807, 2.05) is 0 Å². The number of benzene rings is 1. The number of nitrogens with two attached hydrogens (primary N) is 1. The number of rotatable bonds is 4. The Kier molecular flexibility index (Phi) is 8.36. The van der Waals surface area contributed by atoms with Gasteiger partial charge in [0.1, 0.15) is 11.5 Å². The molecule has 2 heterocycles. The van der Waals surface area contributed by atoms with E-state index in [4.69, 9.17) is 25.0 Å². The summed E-state index contributed by atoms with van der Waals surface area (Å²) in [6.07, 6.45) is -4.86. The smallest absolute Gasteiger partial charge is 0.338 e. The van der Waals surface area contributed by atoms with Crippen LogP contribution < -0.4 is 5.73 Å². The molecule has 0 bridgehead atoms. The number of carbonyl (C=O) groups is 1. The first-order valence-corrected chi connectivity index (χ1v) is 10.8. The van der Waals surface area contributed by atoms with Gasteiger partial charge in [0.15, 0.2) is 11.6 Å². The van der Waals surface area contributed by atoms with Gasteiger partial charge in [0.05, 0.1) is 6.54 Å². The van der Waals surface area contributed by atoms with Gasteiger partial charge in [-0.2, -0.15) is 13.2 Å². The lowest BCUT2D eigenvalue weighted by molar-refractivity contribution is -0.144. The lowest BCUT2D eigenvalue weighted by Gasteiger charge is -2.30. The van der Waals surface area contributed by atoms with Crippen LogP contribution in [0.4, 0.5) is 26.3 Å². The molecule has 2 aromatic rings. The third-order valence-electron chi connectivity index (χ3n) is 4.67. The van der Waals surface area contributed by atoms with Crippen molar-refractivity contribution in [2.24, 2.45) is 5.73 Å². The van der Waals surface area contributed by atoms with Gasteiger partial charge in [-0.25, -0.2) is 17.7 Å². The van der Waals surface area contributed by atoms with E-state index in [1.165, 1.54) is 11.0 Å². The Bertz CT molecular complexity index is 1050. The van der Waals surface area contributed by atoms with Crippen molar-refractivity contribution in [2.75, 3.05) is 6.54 Å². The molecule has 1 aromatic heterocycles. The summed E-state index contributed by atoms with van der Waals surface area (Å²) in [7, 11) is -4.64. The molecule has 1 atom stereocenters. The summed E-state index contributed by atoms with van der Waals surface area (Å²) >= 11 is 0. The maximum Gasteiger partial charge on any atom is 0.466 e. The van der Waals surface area contributed by atoms with Crippen LogP contribution >= 0.6 is 7.82 Å². The average Bonchev–Trinajstić information content (AvgIpc) is 3.08. The Morgan fingerprint density at radius 2 is 1.64 bits per heavy atom. The first-order chi connectivity index (χ1) is 15.1. The van der Waals surface area contributed by atoms with Crippen LogP contribution in [0.3, 0.4) is 0 Å². The van der Waals surface area contributed by atoms with Crippen molar-refractivity contribution >= 4 is 13.7 Å². The summed E-state index contributed by atoms with van der Waals surface area (Å²) in [5.41, 5.74) is 5.28. The minimum atomic E-state index is -4.64. The van der Waals surface area contributed by atoms with Gasteiger partial charge in [0, 0.05) is 37.3 Å². The number of halogens is 6. The SMILES string of the molecule is NC(CC(=O)N1CCn2c(ccc2C(F)(F)F)C1)Cc1cc(F)c(F)cc1F.O=P(O)(O)O. The van der Waals surface area contributed by atoms with Crippen molar-refractivity contribution in [1.82, 2.24) is 9.47 Å². The van der Waals surface area contributed by atoms with Gasteiger partial charge < -0.3 is 29.9 Å². The number of alkyl halides is 3. The minimum absolute atomic E-state index is 0.00116. The Labute approximate surface area is 183 Å². The van der Waals surface area contributed by atoms with Crippen LogP contribution in [0.2, 0.25) is 0 Å². The highest BCUT2D eigenvalue weighted by Gasteiger charge is 2.36. The Morgan fingerprint density at radius 1 is 1.06 bits per heavy atom. The molecule has 1 aromatic carbocycles. The molecule has 184 valence electrons. The number of hydrogen-bond acceptors (Lipinski definition) is 3. The van der Waals surface area contributed by atoms with Crippen molar-refractivity contribution in [3.63, 3.8) is 0 Å². The Morgan fingerprint density at radius 3 is 2.21 bits per heavy atom. The molecule has 33 heavy (non-hydrogen) atoms. The molecule has 1 unspecified atom stereocenters. The Hall–Kier alpha value is -2.38.